The lowest BCUT2D eigenvalue weighted by atomic mass is 9.78. The minimum atomic E-state index is -3.43. The van der Waals surface area contributed by atoms with Gasteiger partial charge in [0.15, 0.2) is 0 Å². The average molecular weight is 302 g/mol. The van der Waals surface area contributed by atoms with Crippen LogP contribution < -0.4 is 0 Å². The number of methoxy groups -OCH3 is 1. The van der Waals surface area contributed by atoms with Crippen molar-refractivity contribution in [2.45, 2.75) is 37.4 Å². The molecule has 6 heteroatoms. The second-order valence-corrected chi connectivity index (χ2v) is 6.81. The molecule has 1 aliphatic carbocycles. The van der Waals surface area contributed by atoms with Gasteiger partial charge in [0.1, 0.15) is 5.82 Å². The third-order valence-electron chi connectivity index (χ3n) is 3.81. The average Bonchev–Trinajstić information content (AvgIpc) is 2.39. The van der Waals surface area contributed by atoms with E-state index in [-0.39, 0.29) is 11.9 Å². The molecule has 1 saturated carbocycles. The molecule has 0 aromatic heterocycles. The Hall–Kier alpha value is -0.980. The van der Waals surface area contributed by atoms with Gasteiger partial charge in [0.25, 0.3) is 10.1 Å². The van der Waals surface area contributed by atoms with Crippen LogP contribution >= 0.6 is 0 Å². The summed E-state index contributed by atoms with van der Waals surface area (Å²) in [7, 11) is -1.80. The van der Waals surface area contributed by atoms with Crippen LogP contribution in [0.3, 0.4) is 0 Å². The number of rotatable bonds is 4. The van der Waals surface area contributed by atoms with Crippen LogP contribution in [0.25, 0.3) is 0 Å². The maximum Gasteiger partial charge on any atom is 0.264 e. The van der Waals surface area contributed by atoms with Gasteiger partial charge in [0.05, 0.1) is 18.0 Å². The van der Waals surface area contributed by atoms with Crippen LogP contribution in [0, 0.1) is 5.82 Å². The Morgan fingerprint density at radius 3 is 2.20 bits per heavy atom. The second-order valence-electron chi connectivity index (χ2n) is 5.21. The second kappa shape index (κ2) is 5.79. The third-order valence-corrected chi connectivity index (χ3v) is 4.43. The van der Waals surface area contributed by atoms with E-state index in [9.17, 15) is 12.8 Å². The predicted molar refractivity (Wildman–Crippen MR) is 73.3 cm³/mol. The maximum absolute atomic E-state index is 13.0. The summed E-state index contributed by atoms with van der Waals surface area (Å²) in [6.45, 7) is 0. The first-order valence-electron chi connectivity index (χ1n) is 6.54. The van der Waals surface area contributed by atoms with E-state index in [1.165, 1.54) is 12.1 Å². The molecule has 1 aliphatic rings. The number of benzene rings is 1. The SMILES string of the molecule is CO[C@]1(c2ccc(F)cc2)CC[C@H](OS(C)(=O)=O)CC1. The Balaban J connectivity index is 2.10. The molecule has 0 spiro atoms. The highest BCUT2D eigenvalue weighted by Gasteiger charge is 2.38. The van der Waals surface area contributed by atoms with Gasteiger partial charge < -0.3 is 4.74 Å². The third kappa shape index (κ3) is 3.56. The first-order chi connectivity index (χ1) is 9.35. The van der Waals surface area contributed by atoms with Crippen LogP contribution in [0.15, 0.2) is 24.3 Å². The molecule has 1 aromatic rings. The minimum Gasteiger partial charge on any atom is -0.374 e. The van der Waals surface area contributed by atoms with Crippen LogP contribution in [0.5, 0.6) is 0 Å². The molecule has 2 rings (SSSR count). The highest BCUT2D eigenvalue weighted by Crippen LogP contribution is 2.41. The Labute approximate surface area is 119 Å². The lowest BCUT2D eigenvalue weighted by Crippen LogP contribution is -2.36. The molecule has 0 saturated heterocycles. The van der Waals surface area contributed by atoms with E-state index in [1.54, 1.807) is 19.2 Å². The fourth-order valence-electron chi connectivity index (χ4n) is 2.77. The Morgan fingerprint density at radius 2 is 1.75 bits per heavy atom. The normalized spacial score (nSPS) is 27.4. The Kier molecular flexibility index (Phi) is 4.46. The zero-order chi connectivity index (χ0) is 14.8. The smallest absolute Gasteiger partial charge is 0.264 e. The van der Waals surface area contributed by atoms with Crippen molar-refractivity contribution in [3.63, 3.8) is 0 Å². The van der Waals surface area contributed by atoms with E-state index in [1.807, 2.05) is 0 Å². The fourth-order valence-corrected chi connectivity index (χ4v) is 3.45. The summed E-state index contributed by atoms with van der Waals surface area (Å²) in [6, 6.07) is 6.26. The molecule has 1 aromatic carbocycles. The molecule has 0 bridgehead atoms. The van der Waals surface area contributed by atoms with E-state index in [2.05, 4.69) is 0 Å². The summed E-state index contributed by atoms with van der Waals surface area (Å²) in [5.41, 5.74) is 0.435. The number of halogens is 1. The molecule has 112 valence electrons. The molecule has 0 N–H and O–H groups in total. The van der Waals surface area contributed by atoms with Gasteiger partial charge >= 0.3 is 0 Å². The van der Waals surface area contributed by atoms with Gasteiger partial charge in [-0.3, -0.25) is 4.18 Å². The summed E-state index contributed by atoms with van der Waals surface area (Å²) in [5, 5.41) is 0. The molecule has 0 amide bonds. The van der Waals surface area contributed by atoms with Gasteiger partial charge in [-0.2, -0.15) is 8.42 Å². The standard InChI is InChI=1S/C14H19FO4S/c1-18-14(11-3-5-12(15)6-4-11)9-7-13(8-10-14)19-20(2,16)17/h3-6,13H,7-10H2,1-2H3/t13-,14+. The van der Waals surface area contributed by atoms with Gasteiger partial charge in [-0.15, -0.1) is 0 Å². The largest absolute Gasteiger partial charge is 0.374 e. The molecular formula is C14H19FO4S. The minimum absolute atomic E-state index is 0.283. The molecule has 0 atom stereocenters. The molecule has 0 aliphatic heterocycles. The van der Waals surface area contributed by atoms with Crippen molar-refractivity contribution in [2.75, 3.05) is 13.4 Å². The molecule has 0 radical (unpaired) electrons. The Bertz CT molecular complexity index is 545. The van der Waals surface area contributed by atoms with Crippen molar-refractivity contribution in [2.24, 2.45) is 0 Å². The molecule has 4 nitrogen and oxygen atoms in total. The van der Waals surface area contributed by atoms with Crippen LogP contribution in [-0.4, -0.2) is 27.9 Å². The van der Waals surface area contributed by atoms with Crippen LogP contribution in [0.2, 0.25) is 0 Å². The molecule has 0 heterocycles. The van der Waals surface area contributed by atoms with E-state index in [4.69, 9.17) is 8.92 Å². The summed E-state index contributed by atoms with van der Waals surface area (Å²) >= 11 is 0. The van der Waals surface area contributed by atoms with E-state index < -0.39 is 15.7 Å². The number of hydrogen-bond acceptors (Lipinski definition) is 4. The molecular weight excluding hydrogens is 283 g/mol. The molecule has 0 unspecified atom stereocenters. The number of hydrogen-bond donors (Lipinski definition) is 0. The van der Waals surface area contributed by atoms with Crippen molar-refractivity contribution >= 4 is 10.1 Å². The summed E-state index contributed by atoms with van der Waals surface area (Å²) in [6.07, 6.45) is 3.25. The van der Waals surface area contributed by atoms with Crippen LogP contribution in [-0.2, 0) is 24.6 Å². The topological polar surface area (TPSA) is 52.6 Å². The highest BCUT2D eigenvalue weighted by atomic mass is 32.2. The number of ether oxygens (including phenoxy) is 1. The van der Waals surface area contributed by atoms with Crippen molar-refractivity contribution in [1.82, 2.24) is 0 Å². The summed E-state index contributed by atoms with van der Waals surface area (Å²) in [5.74, 6) is -0.283. The van der Waals surface area contributed by atoms with Crippen molar-refractivity contribution < 1.29 is 21.7 Å². The van der Waals surface area contributed by atoms with E-state index >= 15 is 0 Å². The van der Waals surface area contributed by atoms with Gasteiger partial charge in [0, 0.05) is 7.11 Å². The summed E-state index contributed by atoms with van der Waals surface area (Å²) in [4.78, 5) is 0. The Morgan fingerprint density at radius 1 is 1.20 bits per heavy atom. The van der Waals surface area contributed by atoms with E-state index in [0.29, 0.717) is 25.7 Å². The first-order valence-corrected chi connectivity index (χ1v) is 8.36. The lowest BCUT2D eigenvalue weighted by Gasteiger charge is -2.39. The van der Waals surface area contributed by atoms with Crippen molar-refractivity contribution in [1.29, 1.82) is 0 Å². The van der Waals surface area contributed by atoms with Gasteiger partial charge in [-0.1, -0.05) is 12.1 Å². The fraction of sp³-hybridized carbons (Fsp3) is 0.571. The molecule has 20 heavy (non-hydrogen) atoms. The maximum atomic E-state index is 13.0. The van der Waals surface area contributed by atoms with E-state index in [0.717, 1.165) is 11.8 Å². The predicted octanol–water partition coefficient (Wildman–Crippen LogP) is 2.59. The van der Waals surface area contributed by atoms with Crippen LogP contribution in [0.4, 0.5) is 4.39 Å². The van der Waals surface area contributed by atoms with Crippen molar-refractivity contribution in [3.05, 3.63) is 35.6 Å². The first kappa shape index (κ1) is 15.4. The van der Waals surface area contributed by atoms with Gasteiger partial charge in [0.2, 0.25) is 0 Å². The highest BCUT2D eigenvalue weighted by molar-refractivity contribution is 7.86. The van der Waals surface area contributed by atoms with Crippen LogP contribution in [0.1, 0.15) is 31.2 Å². The molecule has 1 fully saturated rings. The van der Waals surface area contributed by atoms with Gasteiger partial charge in [-0.25, -0.2) is 4.39 Å². The lowest BCUT2D eigenvalue weighted by molar-refractivity contribution is -0.0641. The monoisotopic (exact) mass is 302 g/mol. The zero-order valence-corrected chi connectivity index (χ0v) is 12.5. The van der Waals surface area contributed by atoms with Crippen molar-refractivity contribution in [3.8, 4) is 0 Å². The summed E-state index contributed by atoms with van der Waals surface area (Å²) < 4.78 is 46.0. The quantitative estimate of drug-likeness (QED) is 0.802. The zero-order valence-electron chi connectivity index (χ0n) is 11.6. The van der Waals surface area contributed by atoms with Gasteiger partial charge in [-0.05, 0) is 43.4 Å².